The van der Waals surface area contributed by atoms with E-state index in [1.54, 1.807) is 0 Å². The minimum absolute atomic E-state index is 0.000660. The molecule has 2 N–H and O–H groups in total. The van der Waals surface area contributed by atoms with E-state index in [1.807, 2.05) is 13.8 Å². The zero-order valence-corrected chi connectivity index (χ0v) is 11.8. The van der Waals surface area contributed by atoms with Crippen molar-refractivity contribution in [3.63, 3.8) is 0 Å². The number of aliphatic hydroxyl groups excluding tert-OH is 1. The van der Waals surface area contributed by atoms with Crippen LogP contribution in [0.2, 0.25) is 5.15 Å². The Morgan fingerprint density at radius 3 is 2.68 bits per heavy atom. The summed E-state index contributed by atoms with van der Waals surface area (Å²) in [4.78, 5) is 15.5. The molecular weight excluding hydrogens is 271 g/mol. The van der Waals surface area contributed by atoms with Crippen LogP contribution in [-0.4, -0.2) is 29.1 Å². The van der Waals surface area contributed by atoms with Gasteiger partial charge in [-0.05, 0) is 18.9 Å². The molecule has 1 heterocycles. The molecule has 4 nitrogen and oxygen atoms in total. The number of carbonyl (C=O) groups is 1. The molecule has 0 saturated carbocycles. The van der Waals surface area contributed by atoms with Gasteiger partial charge in [0.05, 0.1) is 18.4 Å². The van der Waals surface area contributed by atoms with Gasteiger partial charge < -0.3 is 10.4 Å². The van der Waals surface area contributed by atoms with E-state index in [0.29, 0.717) is 6.54 Å². The summed E-state index contributed by atoms with van der Waals surface area (Å²) in [5.74, 6) is -1.11. The Morgan fingerprint density at radius 1 is 1.53 bits per heavy atom. The Hall–Kier alpha value is -1.20. The van der Waals surface area contributed by atoms with Crippen molar-refractivity contribution in [2.24, 2.45) is 5.41 Å². The lowest BCUT2D eigenvalue weighted by Gasteiger charge is -2.29. The molecule has 0 bridgehead atoms. The number of carbonyl (C=O) groups excluding carboxylic acids is 1. The highest BCUT2D eigenvalue weighted by Crippen LogP contribution is 2.24. The van der Waals surface area contributed by atoms with Crippen LogP contribution in [-0.2, 0) is 0 Å². The van der Waals surface area contributed by atoms with Crippen molar-refractivity contribution in [2.45, 2.75) is 26.7 Å². The molecule has 0 aliphatic rings. The predicted octanol–water partition coefficient (Wildman–Crippen LogP) is 2.40. The monoisotopic (exact) mass is 288 g/mol. The normalized spacial score (nSPS) is 11.4. The highest BCUT2D eigenvalue weighted by molar-refractivity contribution is 6.32. The van der Waals surface area contributed by atoms with Gasteiger partial charge in [0.15, 0.2) is 0 Å². The smallest absolute Gasteiger partial charge is 0.254 e. The summed E-state index contributed by atoms with van der Waals surface area (Å²) < 4.78 is 13.0. The molecule has 0 radical (unpaired) electrons. The molecule has 0 fully saturated rings. The van der Waals surface area contributed by atoms with E-state index >= 15 is 0 Å². The number of pyridine rings is 1. The van der Waals surface area contributed by atoms with Crippen molar-refractivity contribution < 1.29 is 14.3 Å². The van der Waals surface area contributed by atoms with Crippen LogP contribution in [0, 0.1) is 11.2 Å². The summed E-state index contributed by atoms with van der Waals surface area (Å²) in [7, 11) is 0. The quantitative estimate of drug-likeness (QED) is 0.790. The Kier molecular flexibility index (Phi) is 5.69. The lowest BCUT2D eigenvalue weighted by molar-refractivity contribution is 0.0850. The van der Waals surface area contributed by atoms with E-state index in [4.69, 9.17) is 11.6 Å². The van der Waals surface area contributed by atoms with Crippen LogP contribution < -0.4 is 5.32 Å². The fourth-order valence-corrected chi connectivity index (χ4v) is 1.91. The zero-order chi connectivity index (χ0) is 14.5. The van der Waals surface area contributed by atoms with Crippen LogP contribution in [0.25, 0.3) is 0 Å². The summed E-state index contributed by atoms with van der Waals surface area (Å²) in [6.45, 7) is 4.18. The number of rotatable bonds is 6. The molecule has 1 aromatic heterocycles. The first-order valence-electron chi connectivity index (χ1n) is 6.18. The van der Waals surface area contributed by atoms with Crippen LogP contribution >= 0.6 is 11.6 Å². The lowest BCUT2D eigenvalue weighted by atomic mass is 9.83. The average molecular weight is 289 g/mol. The summed E-state index contributed by atoms with van der Waals surface area (Å²) in [6.07, 6.45) is 2.42. The van der Waals surface area contributed by atoms with Gasteiger partial charge in [-0.1, -0.05) is 25.4 Å². The van der Waals surface area contributed by atoms with E-state index in [0.717, 1.165) is 25.1 Å². The maximum atomic E-state index is 13.0. The number of nitrogens with zero attached hydrogens (tertiary/aromatic N) is 1. The van der Waals surface area contributed by atoms with Gasteiger partial charge in [0, 0.05) is 12.0 Å². The van der Waals surface area contributed by atoms with Gasteiger partial charge in [0.2, 0.25) is 0 Å². The molecular formula is C13H18ClFN2O2. The second kappa shape index (κ2) is 6.82. The van der Waals surface area contributed by atoms with Crippen molar-refractivity contribution in [1.29, 1.82) is 0 Å². The minimum Gasteiger partial charge on any atom is -0.396 e. The Labute approximate surface area is 117 Å². The molecule has 1 amide bonds. The average Bonchev–Trinajstić information content (AvgIpc) is 2.43. The molecule has 106 valence electrons. The SMILES string of the molecule is CCC(CC)(CO)CNC(=O)c1cc(F)cnc1Cl. The Balaban J connectivity index is 2.77. The van der Waals surface area contributed by atoms with Crippen molar-refractivity contribution in [3.8, 4) is 0 Å². The molecule has 0 unspecified atom stereocenters. The molecule has 1 rings (SSSR count). The first-order chi connectivity index (χ1) is 8.98. The van der Waals surface area contributed by atoms with E-state index < -0.39 is 11.7 Å². The van der Waals surface area contributed by atoms with Crippen molar-refractivity contribution >= 4 is 17.5 Å². The van der Waals surface area contributed by atoms with Crippen LogP contribution in [0.1, 0.15) is 37.0 Å². The van der Waals surface area contributed by atoms with E-state index in [-0.39, 0.29) is 22.7 Å². The van der Waals surface area contributed by atoms with Gasteiger partial charge in [-0.15, -0.1) is 0 Å². The number of aromatic nitrogens is 1. The van der Waals surface area contributed by atoms with Gasteiger partial charge in [-0.25, -0.2) is 9.37 Å². The number of halogens is 2. The van der Waals surface area contributed by atoms with Gasteiger partial charge in [-0.2, -0.15) is 0 Å². The third-order valence-electron chi connectivity index (χ3n) is 3.51. The zero-order valence-electron chi connectivity index (χ0n) is 11.0. The van der Waals surface area contributed by atoms with Crippen LogP contribution in [0.15, 0.2) is 12.3 Å². The van der Waals surface area contributed by atoms with Gasteiger partial charge >= 0.3 is 0 Å². The first-order valence-corrected chi connectivity index (χ1v) is 6.56. The van der Waals surface area contributed by atoms with Crippen molar-refractivity contribution in [3.05, 3.63) is 28.8 Å². The van der Waals surface area contributed by atoms with Crippen molar-refractivity contribution in [2.75, 3.05) is 13.2 Å². The van der Waals surface area contributed by atoms with Gasteiger partial charge in [0.25, 0.3) is 5.91 Å². The van der Waals surface area contributed by atoms with E-state index in [9.17, 15) is 14.3 Å². The standard InChI is InChI=1S/C13H18ClFN2O2/c1-3-13(4-2,8-18)7-17-12(19)10-5-9(15)6-16-11(10)14/h5-6,18H,3-4,7-8H2,1-2H3,(H,17,19). The molecule has 0 spiro atoms. The summed E-state index contributed by atoms with van der Waals surface area (Å²) in [6, 6.07) is 1.04. The molecule has 6 heteroatoms. The highest BCUT2D eigenvalue weighted by atomic mass is 35.5. The third kappa shape index (κ3) is 3.88. The number of nitrogens with one attached hydrogen (secondary N) is 1. The molecule has 19 heavy (non-hydrogen) atoms. The number of hydrogen-bond donors (Lipinski definition) is 2. The fourth-order valence-electron chi connectivity index (χ4n) is 1.72. The second-order valence-electron chi connectivity index (χ2n) is 4.54. The second-order valence-corrected chi connectivity index (χ2v) is 4.90. The van der Waals surface area contributed by atoms with Crippen molar-refractivity contribution in [1.82, 2.24) is 10.3 Å². The summed E-state index contributed by atoms with van der Waals surface area (Å²) in [5, 5.41) is 12.0. The molecule has 0 atom stereocenters. The Morgan fingerprint density at radius 2 is 2.16 bits per heavy atom. The Bertz CT molecular complexity index is 442. The van der Waals surface area contributed by atoms with E-state index in [1.165, 1.54) is 0 Å². The molecule has 0 aliphatic carbocycles. The fraction of sp³-hybridized carbons (Fsp3) is 0.538. The molecule has 1 aromatic rings. The minimum atomic E-state index is -0.617. The largest absolute Gasteiger partial charge is 0.396 e. The number of aliphatic hydroxyl groups is 1. The summed E-state index contributed by atoms with van der Waals surface area (Å²) in [5.41, 5.74) is -0.358. The maximum Gasteiger partial charge on any atom is 0.254 e. The first kappa shape index (κ1) is 15.9. The van der Waals surface area contributed by atoms with Crippen LogP contribution in [0.3, 0.4) is 0 Å². The molecule has 0 aromatic carbocycles. The van der Waals surface area contributed by atoms with Crippen LogP contribution in [0.5, 0.6) is 0 Å². The van der Waals surface area contributed by atoms with Gasteiger partial charge in [-0.3, -0.25) is 4.79 Å². The lowest BCUT2D eigenvalue weighted by Crippen LogP contribution is -2.39. The number of amides is 1. The predicted molar refractivity (Wildman–Crippen MR) is 71.6 cm³/mol. The van der Waals surface area contributed by atoms with Gasteiger partial charge in [0.1, 0.15) is 11.0 Å². The third-order valence-corrected chi connectivity index (χ3v) is 3.81. The molecule has 0 saturated heterocycles. The summed E-state index contributed by atoms with van der Waals surface area (Å²) >= 11 is 5.75. The highest BCUT2D eigenvalue weighted by Gasteiger charge is 2.26. The number of hydrogen-bond acceptors (Lipinski definition) is 3. The topological polar surface area (TPSA) is 62.2 Å². The maximum absolute atomic E-state index is 13.0. The van der Waals surface area contributed by atoms with Crippen LogP contribution in [0.4, 0.5) is 4.39 Å². The van der Waals surface area contributed by atoms with E-state index in [2.05, 4.69) is 10.3 Å². The molecule has 0 aliphatic heterocycles.